The van der Waals surface area contributed by atoms with Gasteiger partial charge in [-0.2, -0.15) is 0 Å². The molecule has 3 nitrogen and oxygen atoms in total. The summed E-state index contributed by atoms with van der Waals surface area (Å²) in [4.78, 5) is 25.6. The number of rotatable bonds is 2. The number of fused-ring (bicyclic) bond motifs is 1. The van der Waals surface area contributed by atoms with Gasteiger partial charge in [-0.3, -0.25) is 9.59 Å². The van der Waals surface area contributed by atoms with Crippen LogP contribution in [0.4, 0.5) is 5.69 Å². The maximum absolute atomic E-state index is 12.1. The summed E-state index contributed by atoms with van der Waals surface area (Å²) < 4.78 is 0.775. The van der Waals surface area contributed by atoms with E-state index in [0.29, 0.717) is 22.8 Å². The summed E-state index contributed by atoms with van der Waals surface area (Å²) in [5, 5.41) is 0.582. The van der Waals surface area contributed by atoms with E-state index in [4.69, 9.17) is 11.6 Å². The van der Waals surface area contributed by atoms with Gasteiger partial charge in [0.25, 0.3) is 11.7 Å². The van der Waals surface area contributed by atoms with Crippen molar-refractivity contribution in [1.29, 1.82) is 0 Å². The molecule has 0 atom stereocenters. The van der Waals surface area contributed by atoms with Crippen LogP contribution in [0.15, 0.2) is 46.9 Å². The van der Waals surface area contributed by atoms with Gasteiger partial charge in [-0.15, -0.1) is 0 Å². The third-order valence-corrected chi connectivity index (χ3v) is 4.08. The summed E-state index contributed by atoms with van der Waals surface area (Å²) in [7, 11) is 0. The largest absolute Gasteiger partial charge is 0.300 e. The van der Waals surface area contributed by atoms with Crippen LogP contribution in [0.3, 0.4) is 0 Å². The zero-order valence-electron chi connectivity index (χ0n) is 10.3. The highest BCUT2D eigenvalue weighted by atomic mass is 79.9. The Morgan fingerprint density at radius 3 is 2.60 bits per heavy atom. The fraction of sp³-hybridized carbons (Fsp3) is 0.0667. The van der Waals surface area contributed by atoms with E-state index in [1.807, 2.05) is 24.3 Å². The van der Waals surface area contributed by atoms with E-state index < -0.39 is 11.7 Å². The van der Waals surface area contributed by atoms with Gasteiger partial charge in [-0.25, -0.2) is 0 Å². The molecule has 3 rings (SSSR count). The topological polar surface area (TPSA) is 37.4 Å². The van der Waals surface area contributed by atoms with E-state index >= 15 is 0 Å². The predicted octanol–water partition coefficient (Wildman–Crippen LogP) is 3.83. The number of hydrogen-bond donors (Lipinski definition) is 0. The van der Waals surface area contributed by atoms with Crippen LogP contribution < -0.4 is 4.90 Å². The number of anilines is 1. The molecule has 0 fully saturated rings. The molecule has 0 radical (unpaired) electrons. The normalized spacial score (nSPS) is 13.8. The number of amides is 1. The quantitative estimate of drug-likeness (QED) is 0.772. The Labute approximate surface area is 129 Å². The van der Waals surface area contributed by atoms with Gasteiger partial charge in [-0.1, -0.05) is 45.7 Å². The first-order valence-electron chi connectivity index (χ1n) is 5.97. The van der Waals surface area contributed by atoms with Crippen LogP contribution >= 0.6 is 27.5 Å². The Kier molecular flexibility index (Phi) is 3.36. The first-order chi connectivity index (χ1) is 9.58. The van der Waals surface area contributed by atoms with E-state index in [0.717, 1.165) is 10.0 Å². The third kappa shape index (κ3) is 2.15. The highest BCUT2D eigenvalue weighted by Crippen LogP contribution is 2.33. The zero-order valence-corrected chi connectivity index (χ0v) is 12.6. The zero-order chi connectivity index (χ0) is 14.3. The molecular weight excluding hydrogens is 342 g/mol. The molecule has 100 valence electrons. The minimum Gasteiger partial charge on any atom is -0.300 e. The van der Waals surface area contributed by atoms with Gasteiger partial charge in [0.15, 0.2) is 0 Å². The molecule has 1 heterocycles. The van der Waals surface area contributed by atoms with Crippen molar-refractivity contribution < 1.29 is 9.59 Å². The Morgan fingerprint density at radius 2 is 1.85 bits per heavy atom. The van der Waals surface area contributed by atoms with Gasteiger partial charge in [0.05, 0.1) is 17.8 Å². The van der Waals surface area contributed by atoms with Crippen LogP contribution in [0.25, 0.3) is 0 Å². The van der Waals surface area contributed by atoms with Gasteiger partial charge >= 0.3 is 0 Å². The smallest absolute Gasteiger partial charge is 0.299 e. The number of Topliss-reactive ketones (excluding diaryl/α,β-unsaturated/α-hetero) is 1. The van der Waals surface area contributed by atoms with Crippen molar-refractivity contribution >= 4 is 44.9 Å². The van der Waals surface area contributed by atoms with Gasteiger partial charge in [0, 0.05) is 9.50 Å². The lowest BCUT2D eigenvalue weighted by atomic mass is 10.1. The molecule has 1 aliphatic rings. The summed E-state index contributed by atoms with van der Waals surface area (Å²) >= 11 is 9.42. The minimum absolute atomic E-state index is 0.291. The van der Waals surface area contributed by atoms with E-state index in [1.165, 1.54) is 4.90 Å². The molecular formula is C15H9BrClNO2. The molecule has 0 aliphatic carbocycles. The number of ketones is 1. The number of carbonyl (C=O) groups is 2. The maximum Gasteiger partial charge on any atom is 0.299 e. The Bertz CT molecular complexity index is 730. The molecule has 0 bridgehead atoms. The maximum atomic E-state index is 12.1. The molecule has 0 N–H and O–H groups in total. The molecule has 0 aromatic heterocycles. The fourth-order valence-electron chi connectivity index (χ4n) is 2.23. The average Bonchev–Trinajstić information content (AvgIpc) is 2.66. The van der Waals surface area contributed by atoms with Crippen molar-refractivity contribution in [2.75, 3.05) is 4.90 Å². The van der Waals surface area contributed by atoms with Crippen molar-refractivity contribution in [2.24, 2.45) is 0 Å². The lowest BCUT2D eigenvalue weighted by molar-refractivity contribution is -0.114. The molecule has 2 aromatic rings. The van der Waals surface area contributed by atoms with Crippen molar-refractivity contribution in [3.63, 3.8) is 0 Å². The monoisotopic (exact) mass is 349 g/mol. The SMILES string of the molecule is O=C1C(=O)N(Cc2ccccc2Cl)c2ccc(Br)cc21. The molecule has 2 aromatic carbocycles. The fourth-order valence-corrected chi connectivity index (χ4v) is 2.78. The highest BCUT2D eigenvalue weighted by Gasteiger charge is 2.35. The summed E-state index contributed by atoms with van der Waals surface area (Å²) in [5.41, 5.74) is 1.87. The summed E-state index contributed by atoms with van der Waals surface area (Å²) in [6.45, 7) is 0.291. The first kappa shape index (κ1) is 13.3. The number of nitrogens with zero attached hydrogens (tertiary/aromatic N) is 1. The van der Waals surface area contributed by atoms with E-state index in [2.05, 4.69) is 15.9 Å². The molecule has 1 amide bonds. The molecule has 1 aliphatic heterocycles. The summed E-state index contributed by atoms with van der Waals surface area (Å²) in [6, 6.07) is 12.5. The van der Waals surface area contributed by atoms with Crippen molar-refractivity contribution in [3.05, 3.63) is 63.1 Å². The van der Waals surface area contributed by atoms with Crippen LogP contribution in [-0.4, -0.2) is 11.7 Å². The third-order valence-electron chi connectivity index (χ3n) is 3.22. The molecule has 5 heteroatoms. The number of carbonyl (C=O) groups excluding carboxylic acids is 2. The standard InChI is InChI=1S/C15H9BrClNO2/c16-10-5-6-13-11(7-10)14(19)15(20)18(13)8-9-3-1-2-4-12(9)17/h1-7H,8H2. The van der Waals surface area contributed by atoms with Crippen LogP contribution in [0, 0.1) is 0 Å². The molecule has 20 heavy (non-hydrogen) atoms. The second-order valence-electron chi connectivity index (χ2n) is 4.47. The lowest BCUT2D eigenvalue weighted by Crippen LogP contribution is -2.29. The van der Waals surface area contributed by atoms with E-state index in [9.17, 15) is 9.59 Å². The Morgan fingerprint density at radius 1 is 1.10 bits per heavy atom. The van der Waals surface area contributed by atoms with Crippen molar-refractivity contribution in [1.82, 2.24) is 0 Å². The van der Waals surface area contributed by atoms with Gasteiger partial charge < -0.3 is 4.90 Å². The summed E-state index contributed by atoms with van der Waals surface area (Å²) in [5.74, 6) is -0.994. The molecule has 0 saturated carbocycles. The first-order valence-corrected chi connectivity index (χ1v) is 7.14. The van der Waals surface area contributed by atoms with Crippen molar-refractivity contribution in [2.45, 2.75) is 6.54 Å². The summed E-state index contributed by atoms with van der Waals surface area (Å²) in [6.07, 6.45) is 0. The number of hydrogen-bond acceptors (Lipinski definition) is 2. The van der Waals surface area contributed by atoms with Gasteiger partial charge in [0.1, 0.15) is 0 Å². The van der Waals surface area contributed by atoms with Gasteiger partial charge in [-0.05, 0) is 29.8 Å². The molecule has 0 unspecified atom stereocenters. The van der Waals surface area contributed by atoms with Crippen LogP contribution in [0.1, 0.15) is 15.9 Å². The minimum atomic E-state index is -0.516. The van der Waals surface area contributed by atoms with E-state index in [-0.39, 0.29) is 0 Å². The lowest BCUT2D eigenvalue weighted by Gasteiger charge is -2.17. The number of benzene rings is 2. The molecule has 0 spiro atoms. The van der Waals surface area contributed by atoms with Crippen LogP contribution in [0.5, 0.6) is 0 Å². The average molecular weight is 351 g/mol. The van der Waals surface area contributed by atoms with Crippen LogP contribution in [-0.2, 0) is 11.3 Å². The molecule has 0 saturated heterocycles. The second kappa shape index (κ2) is 5.04. The number of halogens is 2. The highest BCUT2D eigenvalue weighted by molar-refractivity contribution is 9.10. The van der Waals surface area contributed by atoms with Gasteiger partial charge in [0.2, 0.25) is 0 Å². The van der Waals surface area contributed by atoms with Crippen molar-refractivity contribution in [3.8, 4) is 0 Å². The van der Waals surface area contributed by atoms with Crippen LogP contribution in [0.2, 0.25) is 5.02 Å². The Balaban J connectivity index is 2.02. The predicted molar refractivity (Wildman–Crippen MR) is 81.1 cm³/mol. The van der Waals surface area contributed by atoms with E-state index in [1.54, 1.807) is 18.2 Å². The second-order valence-corrected chi connectivity index (χ2v) is 5.80. The Hall–Kier alpha value is -1.65.